The van der Waals surface area contributed by atoms with E-state index in [1.165, 1.54) is 47.4 Å². The van der Waals surface area contributed by atoms with Crippen molar-refractivity contribution in [3.8, 4) is 10.7 Å². The van der Waals surface area contributed by atoms with Gasteiger partial charge in [0.25, 0.3) is 0 Å². The van der Waals surface area contributed by atoms with Gasteiger partial charge in [-0.25, -0.2) is 4.98 Å². The third kappa shape index (κ3) is 2.48. The average Bonchev–Trinajstić information content (AvgIpc) is 2.98. The molecule has 21 heavy (non-hydrogen) atoms. The van der Waals surface area contributed by atoms with Crippen LogP contribution < -0.4 is 0 Å². The summed E-state index contributed by atoms with van der Waals surface area (Å²) in [6.07, 6.45) is 6.35. The molecule has 0 bridgehead atoms. The van der Waals surface area contributed by atoms with E-state index in [1.807, 2.05) is 23.5 Å². The number of hydrogen-bond acceptors (Lipinski definition) is 2. The standard InChI is InChI=1S/C16H14Cl2N2S/c17-10-7-12-13(8-11(10)18)20-16(19-12)15-6-9-4-2-1-3-5-14(9)21-15/h6-8H,1-5H2,(H,19,20). The third-order valence-corrected chi connectivity index (χ3v) is 5.97. The lowest BCUT2D eigenvalue weighted by molar-refractivity contribution is 0.713. The predicted molar refractivity (Wildman–Crippen MR) is 90.7 cm³/mol. The van der Waals surface area contributed by atoms with Crippen LogP contribution in [0.4, 0.5) is 0 Å². The smallest absolute Gasteiger partial charge is 0.148 e. The van der Waals surface area contributed by atoms with Crippen LogP contribution in [0.15, 0.2) is 18.2 Å². The summed E-state index contributed by atoms with van der Waals surface area (Å²) < 4.78 is 0. The van der Waals surface area contributed by atoms with Crippen molar-refractivity contribution in [2.24, 2.45) is 0 Å². The number of nitrogens with one attached hydrogen (secondary N) is 1. The molecule has 2 aromatic heterocycles. The molecule has 0 atom stereocenters. The molecule has 108 valence electrons. The molecule has 0 spiro atoms. The van der Waals surface area contributed by atoms with E-state index in [9.17, 15) is 0 Å². The molecule has 0 saturated heterocycles. The van der Waals surface area contributed by atoms with Crippen molar-refractivity contribution in [3.05, 3.63) is 38.7 Å². The van der Waals surface area contributed by atoms with Gasteiger partial charge in [-0.05, 0) is 49.4 Å². The Morgan fingerprint density at radius 3 is 2.71 bits per heavy atom. The topological polar surface area (TPSA) is 28.7 Å². The number of benzene rings is 1. The first-order valence-corrected chi connectivity index (χ1v) is 8.75. The zero-order chi connectivity index (χ0) is 14.4. The van der Waals surface area contributed by atoms with E-state index >= 15 is 0 Å². The van der Waals surface area contributed by atoms with Crippen LogP contribution in [0, 0.1) is 0 Å². The number of fused-ring (bicyclic) bond motifs is 2. The Hall–Kier alpha value is -1.03. The Morgan fingerprint density at radius 2 is 1.81 bits per heavy atom. The maximum Gasteiger partial charge on any atom is 0.148 e. The van der Waals surface area contributed by atoms with Crippen molar-refractivity contribution in [1.29, 1.82) is 0 Å². The number of thiophene rings is 1. The number of nitrogens with zero attached hydrogens (tertiary/aromatic N) is 1. The van der Waals surface area contributed by atoms with Crippen molar-refractivity contribution < 1.29 is 0 Å². The summed E-state index contributed by atoms with van der Waals surface area (Å²) in [7, 11) is 0. The van der Waals surface area contributed by atoms with E-state index < -0.39 is 0 Å². The molecule has 2 heterocycles. The van der Waals surface area contributed by atoms with Crippen molar-refractivity contribution in [3.63, 3.8) is 0 Å². The first-order valence-electron chi connectivity index (χ1n) is 7.17. The lowest BCUT2D eigenvalue weighted by atomic mass is 10.1. The highest BCUT2D eigenvalue weighted by Gasteiger charge is 2.15. The Labute approximate surface area is 137 Å². The lowest BCUT2D eigenvalue weighted by Crippen LogP contribution is -1.81. The van der Waals surface area contributed by atoms with Crippen molar-refractivity contribution >= 4 is 45.6 Å². The minimum atomic E-state index is 0.546. The molecule has 0 unspecified atom stereocenters. The molecule has 4 rings (SSSR count). The maximum atomic E-state index is 6.07. The van der Waals surface area contributed by atoms with E-state index in [2.05, 4.69) is 16.0 Å². The largest absolute Gasteiger partial charge is 0.337 e. The third-order valence-electron chi connectivity index (χ3n) is 4.00. The Bertz CT molecular complexity index is 757. The minimum absolute atomic E-state index is 0.546. The average molecular weight is 337 g/mol. The van der Waals surface area contributed by atoms with E-state index in [-0.39, 0.29) is 0 Å². The first-order chi connectivity index (χ1) is 10.2. The molecule has 0 amide bonds. The monoisotopic (exact) mass is 336 g/mol. The summed E-state index contributed by atoms with van der Waals surface area (Å²) in [5, 5.41) is 1.10. The Balaban J connectivity index is 1.79. The number of aromatic amines is 1. The minimum Gasteiger partial charge on any atom is -0.337 e. The van der Waals surface area contributed by atoms with Crippen LogP contribution in [0.3, 0.4) is 0 Å². The van der Waals surface area contributed by atoms with Gasteiger partial charge in [-0.3, -0.25) is 0 Å². The van der Waals surface area contributed by atoms with Gasteiger partial charge in [0.15, 0.2) is 0 Å². The van der Waals surface area contributed by atoms with Gasteiger partial charge < -0.3 is 4.98 Å². The number of imidazole rings is 1. The number of hydrogen-bond donors (Lipinski definition) is 1. The van der Waals surface area contributed by atoms with Crippen molar-refractivity contribution in [2.75, 3.05) is 0 Å². The molecule has 0 fully saturated rings. The van der Waals surface area contributed by atoms with Crippen LogP contribution in [0.1, 0.15) is 29.7 Å². The highest BCUT2D eigenvalue weighted by Crippen LogP contribution is 2.35. The van der Waals surface area contributed by atoms with Gasteiger partial charge in [0.2, 0.25) is 0 Å². The zero-order valence-electron chi connectivity index (χ0n) is 11.4. The second-order valence-corrected chi connectivity index (χ2v) is 7.44. The lowest BCUT2D eigenvalue weighted by Gasteiger charge is -1.93. The highest BCUT2D eigenvalue weighted by atomic mass is 35.5. The molecule has 0 radical (unpaired) electrons. The molecule has 1 aliphatic carbocycles. The molecule has 1 aliphatic rings. The molecule has 3 aromatic rings. The van der Waals surface area contributed by atoms with Gasteiger partial charge in [-0.15, -0.1) is 11.3 Å². The normalized spacial score (nSPS) is 15.1. The van der Waals surface area contributed by atoms with Crippen LogP contribution in [0.2, 0.25) is 10.0 Å². The van der Waals surface area contributed by atoms with Crippen molar-refractivity contribution in [1.82, 2.24) is 9.97 Å². The summed E-state index contributed by atoms with van der Waals surface area (Å²) >= 11 is 14.0. The van der Waals surface area contributed by atoms with Gasteiger partial charge >= 0.3 is 0 Å². The number of aromatic nitrogens is 2. The van der Waals surface area contributed by atoms with E-state index in [0.29, 0.717) is 10.0 Å². The molecule has 1 aromatic carbocycles. The van der Waals surface area contributed by atoms with E-state index in [1.54, 1.807) is 0 Å². The van der Waals surface area contributed by atoms with Gasteiger partial charge in [-0.1, -0.05) is 29.6 Å². The Kier molecular flexibility index (Phi) is 3.44. The summed E-state index contributed by atoms with van der Waals surface area (Å²) in [5.41, 5.74) is 3.30. The SMILES string of the molecule is Clc1cc2nc(-c3cc4c(s3)CCCCC4)[nH]c2cc1Cl. The fourth-order valence-corrected chi connectivity index (χ4v) is 4.43. The predicted octanol–water partition coefficient (Wildman–Crippen LogP) is 5.87. The number of H-pyrrole nitrogens is 1. The fraction of sp³-hybridized carbons (Fsp3) is 0.312. The summed E-state index contributed by atoms with van der Waals surface area (Å²) in [6, 6.07) is 5.96. The summed E-state index contributed by atoms with van der Waals surface area (Å²) in [6.45, 7) is 0. The molecular formula is C16H14Cl2N2S. The number of rotatable bonds is 1. The van der Waals surface area contributed by atoms with Crippen LogP contribution in [-0.2, 0) is 12.8 Å². The first kappa shape index (κ1) is 13.6. The highest BCUT2D eigenvalue weighted by molar-refractivity contribution is 7.15. The molecule has 2 nitrogen and oxygen atoms in total. The Morgan fingerprint density at radius 1 is 1.00 bits per heavy atom. The molecule has 1 N–H and O–H groups in total. The quantitative estimate of drug-likeness (QED) is 0.553. The van der Waals surface area contributed by atoms with Gasteiger partial charge in [-0.2, -0.15) is 0 Å². The number of aryl methyl sites for hydroxylation is 2. The van der Waals surface area contributed by atoms with Crippen LogP contribution in [0.5, 0.6) is 0 Å². The van der Waals surface area contributed by atoms with Gasteiger partial charge in [0.05, 0.1) is 26.0 Å². The molecular weight excluding hydrogens is 323 g/mol. The second-order valence-electron chi connectivity index (χ2n) is 5.49. The second kappa shape index (κ2) is 5.31. The molecule has 0 aliphatic heterocycles. The van der Waals surface area contributed by atoms with Gasteiger partial charge in [0, 0.05) is 4.88 Å². The molecule has 5 heteroatoms. The van der Waals surface area contributed by atoms with Gasteiger partial charge in [0.1, 0.15) is 5.82 Å². The van der Waals surface area contributed by atoms with E-state index in [0.717, 1.165) is 16.9 Å². The van der Waals surface area contributed by atoms with Crippen LogP contribution >= 0.6 is 34.5 Å². The van der Waals surface area contributed by atoms with Crippen LogP contribution in [-0.4, -0.2) is 9.97 Å². The molecule has 0 saturated carbocycles. The van der Waals surface area contributed by atoms with Crippen LogP contribution in [0.25, 0.3) is 21.7 Å². The summed E-state index contributed by atoms with van der Waals surface area (Å²) in [5.74, 6) is 0.918. The van der Waals surface area contributed by atoms with E-state index in [4.69, 9.17) is 23.2 Å². The fourth-order valence-electron chi connectivity index (χ4n) is 2.91. The maximum absolute atomic E-state index is 6.07. The zero-order valence-corrected chi connectivity index (χ0v) is 13.7. The number of halogens is 2. The van der Waals surface area contributed by atoms with Crippen molar-refractivity contribution in [2.45, 2.75) is 32.1 Å². The summed E-state index contributed by atoms with van der Waals surface area (Å²) in [4.78, 5) is 10.8.